The smallest absolute Gasteiger partial charge is 0.244 e. The molecule has 6 nitrogen and oxygen atoms in total. The molecule has 0 aromatic heterocycles. The summed E-state index contributed by atoms with van der Waals surface area (Å²) in [6, 6.07) is -0.499. The van der Waals surface area contributed by atoms with Gasteiger partial charge in [0.05, 0.1) is 13.2 Å². The molecule has 0 spiro atoms. The molecule has 0 aromatic rings. The second-order valence-corrected chi connectivity index (χ2v) is 5.62. The molecule has 1 aliphatic heterocycles. The number of nitrogens with one attached hydrogen (secondary N) is 1. The quantitative estimate of drug-likeness (QED) is 0.746. The standard InChI is InChI=1S/C14H25N3O3/c1-16-13(18)12-9-20-7-6-17(12)14(19)11-5-3-2-4-10(11)8-15/h10-12H,2-9,15H2,1H3,(H,16,18). The minimum atomic E-state index is -0.499. The second-order valence-electron chi connectivity index (χ2n) is 5.62. The van der Waals surface area contributed by atoms with Gasteiger partial charge in [-0.15, -0.1) is 0 Å². The van der Waals surface area contributed by atoms with E-state index in [2.05, 4.69) is 5.32 Å². The van der Waals surface area contributed by atoms with Crippen molar-refractivity contribution in [3.63, 3.8) is 0 Å². The van der Waals surface area contributed by atoms with Crippen molar-refractivity contribution in [2.75, 3.05) is 33.4 Å². The van der Waals surface area contributed by atoms with E-state index in [1.807, 2.05) is 0 Å². The first-order chi connectivity index (χ1) is 9.69. The number of morpholine rings is 1. The van der Waals surface area contributed by atoms with E-state index in [0.717, 1.165) is 25.7 Å². The van der Waals surface area contributed by atoms with Gasteiger partial charge in [-0.25, -0.2) is 0 Å². The fourth-order valence-corrected chi connectivity index (χ4v) is 3.28. The van der Waals surface area contributed by atoms with Crippen molar-refractivity contribution in [2.24, 2.45) is 17.6 Å². The zero-order valence-corrected chi connectivity index (χ0v) is 12.1. The Morgan fingerprint density at radius 1 is 1.35 bits per heavy atom. The normalized spacial score (nSPS) is 30.9. The fourth-order valence-electron chi connectivity index (χ4n) is 3.28. The third kappa shape index (κ3) is 3.12. The van der Waals surface area contributed by atoms with Gasteiger partial charge in [0.1, 0.15) is 6.04 Å². The Kier molecular flexibility index (Phi) is 5.37. The summed E-state index contributed by atoms with van der Waals surface area (Å²) in [5.74, 6) is 0.152. The van der Waals surface area contributed by atoms with Crippen LogP contribution in [-0.4, -0.2) is 56.1 Å². The lowest BCUT2D eigenvalue weighted by molar-refractivity contribution is -0.153. The summed E-state index contributed by atoms with van der Waals surface area (Å²) in [4.78, 5) is 26.4. The van der Waals surface area contributed by atoms with Crippen molar-refractivity contribution in [3.05, 3.63) is 0 Å². The van der Waals surface area contributed by atoms with Crippen molar-refractivity contribution in [3.8, 4) is 0 Å². The Morgan fingerprint density at radius 2 is 2.10 bits per heavy atom. The number of rotatable bonds is 3. The molecule has 2 amide bonds. The van der Waals surface area contributed by atoms with Gasteiger partial charge in [-0.2, -0.15) is 0 Å². The highest BCUT2D eigenvalue weighted by atomic mass is 16.5. The molecule has 2 rings (SSSR count). The van der Waals surface area contributed by atoms with Crippen LogP contribution in [0.1, 0.15) is 25.7 Å². The molecule has 3 N–H and O–H groups in total. The fraction of sp³-hybridized carbons (Fsp3) is 0.857. The average Bonchev–Trinajstić information content (AvgIpc) is 2.53. The van der Waals surface area contributed by atoms with E-state index in [-0.39, 0.29) is 30.3 Å². The Balaban J connectivity index is 2.10. The van der Waals surface area contributed by atoms with Crippen LogP contribution < -0.4 is 11.1 Å². The Bertz CT molecular complexity index is 362. The molecule has 0 bridgehead atoms. The molecule has 1 heterocycles. The minimum Gasteiger partial charge on any atom is -0.377 e. The first-order valence-electron chi connectivity index (χ1n) is 7.49. The second kappa shape index (κ2) is 7.04. The Morgan fingerprint density at radius 3 is 2.80 bits per heavy atom. The maximum atomic E-state index is 12.8. The van der Waals surface area contributed by atoms with Gasteiger partial charge < -0.3 is 20.7 Å². The zero-order chi connectivity index (χ0) is 14.5. The highest BCUT2D eigenvalue weighted by Crippen LogP contribution is 2.31. The van der Waals surface area contributed by atoms with Gasteiger partial charge in [0.25, 0.3) is 0 Å². The maximum Gasteiger partial charge on any atom is 0.244 e. The van der Waals surface area contributed by atoms with Crippen molar-refractivity contribution in [1.29, 1.82) is 0 Å². The molecular weight excluding hydrogens is 258 g/mol. The Labute approximate surface area is 120 Å². The van der Waals surface area contributed by atoms with E-state index in [4.69, 9.17) is 10.5 Å². The molecule has 0 radical (unpaired) electrons. The van der Waals surface area contributed by atoms with Crippen LogP contribution in [0.5, 0.6) is 0 Å². The highest BCUT2D eigenvalue weighted by Gasteiger charge is 2.38. The van der Waals surface area contributed by atoms with Gasteiger partial charge in [-0.1, -0.05) is 12.8 Å². The summed E-state index contributed by atoms with van der Waals surface area (Å²) >= 11 is 0. The molecular formula is C14H25N3O3. The van der Waals surface area contributed by atoms with Gasteiger partial charge in [0, 0.05) is 19.5 Å². The molecule has 1 saturated heterocycles. The lowest BCUT2D eigenvalue weighted by Crippen LogP contribution is -2.57. The molecule has 6 heteroatoms. The van der Waals surface area contributed by atoms with Crippen LogP contribution in [0.2, 0.25) is 0 Å². The van der Waals surface area contributed by atoms with Crippen LogP contribution in [0.4, 0.5) is 0 Å². The van der Waals surface area contributed by atoms with E-state index >= 15 is 0 Å². The third-order valence-electron chi connectivity index (χ3n) is 4.49. The molecule has 3 unspecified atom stereocenters. The summed E-state index contributed by atoms with van der Waals surface area (Å²) in [6.07, 6.45) is 4.12. The Hall–Kier alpha value is -1.14. The molecule has 0 aromatic carbocycles. The minimum absolute atomic E-state index is 0.0287. The predicted molar refractivity (Wildman–Crippen MR) is 74.9 cm³/mol. The predicted octanol–water partition coefficient (Wildman–Crippen LogP) is -0.275. The van der Waals surface area contributed by atoms with E-state index in [9.17, 15) is 9.59 Å². The van der Waals surface area contributed by atoms with Crippen LogP contribution in [0.15, 0.2) is 0 Å². The maximum absolute atomic E-state index is 12.8. The average molecular weight is 283 g/mol. The van der Waals surface area contributed by atoms with Crippen LogP contribution >= 0.6 is 0 Å². The van der Waals surface area contributed by atoms with Gasteiger partial charge in [-0.3, -0.25) is 9.59 Å². The molecule has 1 saturated carbocycles. The number of ether oxygens (including phenoxy) is 1. The number of nitrogens with zero attached hydrogens (tertiary/aromatic N) is 1. The lowest BCUT2D eigenvalue weighted by atomic mass is 9.78. The lowest BCUT2D eigenvalue weighted by Gasteiger charge is -2.39. The first-order valence-corrected chi connectivity index (χ1v) is 7.49. The largest absolute Gasteiger partial charge is 0.377 e. The number of amides is 2. The first kappa shape index (κ1) is 15.3. The van der Waals surface area contributed by atoms with Gasteiger partial charge >= 0.3 is 0 Å². The van der Waals surface area contributed by atoms with Crippen LogP contribution in [-0.2, 0) is 14.3 Å². The summed E-state index contributed by atoms with van der Waals surface area (Å²) in [6.45, 7) is 1.82. The number of nitrogens with two attached hydrogens (primary N) is 1. The summed E-state index contributed by atoms with van der Waals surface area (Å²) < 4.78 is 5.35. The van der Waals surface area contributed by atoms with E-state index in [0.29, 0.717) is 19.7 Å². The third-order valence-corrected chi connectivity index (χ3v) is 4.49. The van der Waals surface area contributed by atoms with E-state index < -0.39 is 6.04 Å². The van der Waals surface area contributed by atoms with E-state index in [1.165, 1.54) is 0 Å². The zero-order valence-electron chi connectivity index (χ0n) is 12.1. The monoisotopic (exact) mass is 283 g/mol. The molecule has 3 atom stereocenters. The van der Waals surface area contributed by atoms with Crippen LogP contribution in [0.3, 0.4) is 0 Å². The number of hydrogen-bond donors (Lipinski definition) is 2. The summed E-state index contributed by atoms with van der Waals surface area (Å²) in [7, 11) is 1.59. The molecule has 2 aliphatic rings. The summed E-state index contributed by atoms with van der Waals surface area (Å²) in [5, 5.41) is 2.61. The molecule has 2 fully saturated rings. The van der Waals surface area contributed by atoms with Crippen molar-refractivity contribution >= 4 is 11.8 Å². The number of hydrogen-bond acceptors (Lipinski definition) is 4. The van der Waals surface area contributed by atoms with Gasteiger partial charge in [-0.05, 0) is 25.3 Å². The number of likely N-dealkylation sites (N-methyl/N-ethyl adjacent to an activating group) is 1. The number of carbonyl (C=O) groups excluding carboxylic acids is 2. The molecule has 1 aliphatic carbocycles. The van der Waals surface area contributed by atoms with E-state index in [1.54, 1.807) is 11.9 Å². The SMILES string of the molecule is CNC(=O)C1COCCN1C(=O)C1CCCCC1CN. The summed E-state index contributed by atoms with van der Waals surface area (Å²) in [5.41, 5.74) is 5.81. The molecule has 20 heavy (non-hydrogen) atoms. The van der Waals surface area contributed by atoms with Crippen molar-refractivity contribution in [1.82, 2.24) is 10.2 Å². The number of carbonyl (C=O) groups is 2. The highest BCUT2D eigenvalue weighted by molar-refractivity contribution is 5.88. The van der Waals surface area contributed by atoms with Crippen molar-refractivity contribution < 1.29 is 14.3 Å². The van der Waals surface area contributed by atoms with Gasteiger partial charge in [0.2, 0.25) is 11.8 Å². The topological polar surface area (TPSA) is 84.7 Å². The van der Waals surface area contributed by atoms with Crippen LogP contribution in [0.25, 0.3) is 0 Å². The van der Waals surface area contributed by atoms with Gasteiger partial charge in [0.15, 0.2) is 0 Å². The van der Waals surface area contributed by atoms with Crippen LogP contribution in [0, 0.1) is 11.8 Å². The molecule has 114 valence electrons. The van der Waals surface area contributed by atoms with Crippen molar-refractivity contribution in [2.45, 2.75) is 31.7 Å².